The smallest absolute Gasteiger partial charge is 0.346 e. The van der Waals surface area contributed by atoms with Crippen LogP contribution in [0.5, 0.6) is 0 Å². The Hall–Kier alpha value is -2.45. The van der Waals surface area contributed by atoms with Gasteiger partial charge < -0.3 is 15.1 Å². The van der Waals surface area contributed by atoms with Crippen molar-refractivity contribution < 1.29 is 13.2 Å². The van der Waals surface area contributed by atoms with E-state index in [1.165, 1.54) is 18.0 Å². The summed E-state index contributed by atoms with van der Waals surface area (Å²) in [7, 11) is 0. The number of nitrogens with one attached hydrogen (secondary N) is 1. The Bertz CT molecular complexity index is 858. The minimum Gasteiger partial charge on any atom is -0.346 e. The molecule has 0 aliphatic carbocycles. The number of nitrogens with zero attached hydrogens (tertiary/aromatic N) is 4. The van der Waals surface area contributed by atoms with Gasteiger partial charge in [-0.2, -0.15) is 13.2 Å². The number of piperidine rings is 1. The van der Waals surface area contributed by atoms with Gasteiger partial charge >= 0.3 is 6.18 Å². The van der Waals surface area contributed by atoms with Gasteiger partial charge in [0.05, 0.1) is 11.4 Å². The molecule has 0 saturated carbocycles. The van der Waals surface area contributed by atoms with Crippen LogP contribution in [-0.2, 0) is 19.1 Å². The molecule has 0 bridgehead atoms. The van der Waals surface area contributed by atoms with Crippen LogP contribution in [0.2, 0.25) is 0 Å². The molecule has 2 aliphatic heterocycles. The first-order chi connectivity index (χ1) is 14.5. The highest BCUT2D eigenvalue weighted by Gasteiger charge is 2.32. The highest BCUT2D eigenvalue weighted by Crippen LogP contribution is 2.27. The summed E-state index contributed by atoms with van der Waals surface area (Å²) >= 11 is 0. The van der Waals surface area contributed by atoms with Crippen LogP contribution in [0.15, 0.2) is 48.9 Å². The number of rotatable bonds is 6. The second kappa shape index (κ2) is 9.14. The predicted octanol–water partition coefficient (Wildman–Crippen LogP) is 3.63. The third-order valence-electron chi connectivity index (χ3n) is 5.73. The van der Waals surface area contributed by atoms with E-state index < -0.39 is 11.9 Å². The molecule has 2 aromatic rings. The fourth-order valence-corrected chi connectivity index (χ4v) is 3.98. The van der Waals surface area contributed by atoms with Crippen LogP contribution in [-0.4, -0.2) is 47.1 Å². The zero-order chi connectivity index (χ0) is 21.0. The maximum absolute atomic E-state index is 12.6. The molecule has 1 fully saturated rings. The van der Waals surface area contributed by atoms with Gasteiger partial charge in [-0.15, -0.1) is 0 Å². The third-order valence-corrected chi connectivity index (χ3v) is 5.73. The summed E-state index contributed by atoms with van der Waals surface area (Å²) < 4.78 is 37.8. The van der Waals surface area contributed by atoms with Crippen molar-refractivity contribution in [1.29, 1.82) is 0 Å². The summed E-state index contributed by atoms with van der Waals surface area (Å²) in [6.45, 7) is 4.50. The van der Waals surface area contributed by atoms with E-state index in [4.69, 9.17) is 0 Å². The number of hydrogen-bond donors (Lipinski definition) is 1. The predicted molar refractivity (Wildman–Crippen MR) is 110 cm³/mol. The van der Waals surface area contributed by atoms with Crippen LogP contribution in [0.3, 0.4) is 0 Å². The van der Waals surface area contributed by atoms with E-state index in [2.05, 4.69) is 43.4 Å². The van der Waals surface area contributed by atoms with E-state index >= 15 is 0 Å². The number of fused-ring (bicyclic) bond motifs is 1. The number of alkyl halides is 3. The third kappa shape index (κ3) is 5.17. The quantitative estimate of drug-likeness (QED) is 0.778. The van der Waals surface area contributed by atoms with Crippen molar-refractivity contribution >= 4 is 5.69 Å². The van der Waals surface area contributed by atoms with Crippen molar-refractivity contribution in [3.8, 4) is 0 Å². The normalized spacial score (nSPS) is 17.9. The van der Waals surface area contributed by atoms with Crippen molar-refractivity contribution in [2.45, 2.75) is 38.0 Å². The fourth-order valence-electron chi connectivity index (χ4n) is 3.98. The molecule has 30 heavy (non-hydrogen) atoms. The molecule has 0 aromatic carbocycles. The summed E-state index contributed by atoms with van der Waals surface area (Å²) in [5, 5.41) is 3.46. The lowest BCUT2D eigenvalue weighted by atomic mass is 10.0. The van der Waals surface area contributed by atoms with Gasteiger partial charge in [-0.3, -0.25) is 9.97 Å². The number of pyridine rings is 2. The van der Waals surface area contributed by atoms with Gasteiger partial charge in [-0.05, 0) is 49.7 Å². The second-order valence-electron chi connectivity index (χ2n) is 7.80. The van der Waals surface area contributed by atoms with E-state index in [0.717, 1.165) is 62.8 Å². The molecule has 0 atom stereocenters. The number of allylic oxidation sites excluding steroid dienone is 1. The molecule has 8 heteroatoms. The highest BCUT2D eigenvalue weighted by atomic mass is 19.4. The van der Waals surface area contributed by atoms with E-state index in [-0.39, 0.29) is 0 Å². The van der Waals surface area contributed by atoms with E-state index in [1.54, 1.807) is 0 Å². The lowest BCUT2D eigenvalue weighted by molar-refractivity contribution is -0.141. The molecule has 2 aromatic heterocycles. The molecule has 0 amide bonds. The molecule has 4 heterocycles. The number of hydrogen-bond acceptors (Lipinski definition) is 5. The summed E-state index contributed by atoms with van der Waals surface area (Å²) in [4.78, 5) is 12.7. The number of aromatic nitrogens is 2. The van der Waals surface area contributed by atoms with Gasteiger partial charge in [0.1, 0.15) is 5.69 Å². The summed E-state index contributed by atoms with van der Waals surface area (Å²) in [5.41, 5.74) is 2.25. The van der Waals surface area contributed by atoms with Crippen LogP contribution in [0, 0.1) is 0 Å². The van der Waals surface area contributed by atoms with Gasteiger partial charge in [0.25, 0.3) is 0 Å². The van der Waals surface area contributed by atoms with Crippen LogP contribution in [0.4, 0.5) is 18.9 Å². The molecule has 1 N–H and O–H groups in total. The SMILES string of the molecule is FC(F)(F)c1ccc(CNC2CCN(CCN3C=CCc4ncccc43)CC2)cn1. The Balaban J connectivity index is 1.19. The second-order valence-corrected chi connectivity index (χ2v) is 7.80. The van der Waals surface area contributed by atoms with Crippen molar-refractivity contribution in [1.82, 2.24) is 20.2 Å². The zero-order valence-electron chi connectivity index (χ0n) is 16.8. The minimum atomic E-state index is -4.39. The van der Waals surface area contributed by atoms with Crippen molar-refractivity contribution in [2.24, 2.45) is 0 Å². The van der Waals surface area contributed by atoms with Gasteiger partial charge in [-0.1, -0.05) is 12.1 Å². The summed E-state index contributed by atoms with van der Waals surface area (Å²) in [6, 6.07) is 7.02. The average Bonchev–Trinajstić information content (AvgIpc) is 2.76. The maximum atomic E-state index is 12.6. The van der Waals surface area contributed by atoms with Crippen LogP contribution >= 0.6 is 0 Å². The van der Waals surface area contributed by atoms with Crippen molar-refractivity contribution in [2.75, 3.05) is 31.1 Å². The zero-order valence-corrected chi connectivity index (χ0v) is 16.8. The van der Waals surface area contributed by atoms with Gasteiger partial charge in [0, 0.05) is 50.7 Å². The molecule has 5 nitrogen and oxygen atoms in total. The Labute approximate surface area is 174 Å². The lowest BCUT2D eigenvalue weighted by Gasteiger charge is -2.34. The molecule has 2 aliphatic rings. The molecule has 0 radical (unpaired) electrons. The van der Waals surface area contributed by atoms with Crippen LogP contribution < -0.4 is 10.2 Å². The Morgan fingerprint density at radius 3 is 2.63 bits per heavy atom. The molecular formula is C22H26F3N5. The lowest BCUT2D eigenvalue weighted by Crippen LogP contribution is -2.44. The van der Waals surface area contributed by atoms with E-state index in [9.17, 15) is 13.2 Å². The van der Waals surface area contributed by atoms with Crippen molar-refractivity contribution in [3.05, 3.63) is 65.9 Å². The molecule has 0 spiro atoms. The average molecular weight is 417 g/mol. The first kappa shape index (κ1) is 20.8. The fraction of sp³-hybridized carbons (Fsp3) is 0.455. The number of likely N-dealkylation sites (tertiary alicyclic amines) is 1. The Morgan fingerprint density at radius 1 is 1.07 bits per heavy atom. The van der Waals surface area contributed by atoms with Crippen LogP contribution in [0.25, 0.3) is 0 Å². The Morgan fingerprint density at radius 2 is 1.90 bits per heavy atom. The van der Waals surface area contributed by atoms with Gasteiger partial charge in [0.15, 0.2) is 0 Å². The Kier molecular flexibility index (Phi) is 6.34. The summed E-state index contributed by atoms with van der Waals surface area (Å²) in [6.07, 6.45) is 6.01. The number of anilines is 1. The minimum absolute atomic E-state index is 0.378. The largest absolute Gasteiger partial charge is 0.433 e. The monoisotopic (exact) mass is 417 g/mol. The molecule has 4 rings (SSSR count). The van der Waals surface area contributed by atoms with Gasteiger partial charge in [0.2, 0.25) is 0 Å². The molecule has 0 unspecified atom stereocenters. The topological polar surface area (TPSA) is 44.3 Å². The highest BCUT2D eigenvalue weighted by molar-refractivity contribution is 5.55. The molecule has 1 saturated heterocycles. The molecule has 160 valence electrons. The standard InChI is InChI=1S/C22H26F3N5/c23-22(24,25)21-6-5-17(16-28-21)15-27-18-7-11-29(12-8-18)13-14-30-10-2-3-19-20(30)4-1-9-26-19/h1-2,4-6,9-10,16,18,27H,3,7-8,11-15H2. The summed E-state index contributed by atoms with van der Waals surface area (Å²) in [5.74, 6) is 0. The van der Waals surface area contributed by atoms with E-state index in [1.807, 2.05) is 12.3 Å². The van der Waals surface area contributed by atoms with Crippen molar-refractivity contribution in [3.63, 3.8) is 0 Å². The first-order valence-corrected chi connectivity index (χ1v) is 10.3. The molecular weight excluding hydrogens is 391 g/mol. The maximum Gasteiger partial charge on any atom is 0.433 e. The van der Waals surface area contributed by atoms with E-state index in [0.29, 0.717) is 12.6 Å². The van der Waals surface area contributed by atoms with Gasteiger partial charge in [-0.25, -0.2) is 0 Å². The first-order valence-electron chi connectivity index (χ1n) is 10.3. The van der Waals surface area contributed by atoms with Crippen LogP contribution in [0.1, 0.15) is 29.8 Å². The number of halogens is 3.